The van der Waals surface area contributed by atoms with E-state index in [1.54, 1.807) is 6.33 Å². The van der Waals surface area contributed by atoms with Gasteiger partial charge in [-0.3, -0.25) is 4.79 Å². The Hall–Kier alpha value is -2.43. The van der Waals surface area contributed by atoms with Crippen molar-refractivity contribution in [1.29, 1.82) is 0 Å². The van der Waals surface area contributed by atoms with Crippen molar-refractivity contribution >= 4 is 28.3 Å². The van der Waals surface area contributed by atoms with Crippen LogP contribution >= 0.6 is 0 Å². The minimum absolute atomic E-state index is 0.223. The van der Waals surface area contributed by atoms with Crippen LogP contribution in [0.3, 0.4) is 0 Å². The van der Waals surface area contributed by atoms with E-state index in [9.17, 15) is 4.79 Å². The number of hydrogen-bond acceptors (Lipinski definition) is 4. The molecule has 0 radical (unpaired) electrons. The van der Waals surface area contributed by atoms with Gasteiger partial charge >= 0.3 is 0 Å². The Morgan fingerprint density at radius 1 is 1.24 bits per heavy atom. The second-order valence-corrected chi connectivity index (χ2v) is 5.17. The minimum atomic E-state index is -0.223. The van der Waals surface area contributed by atoms with Crippen LogP contribution in [0.4, 0.5) is 11.5 Å². The Balaban J connectivity index is 1.96. The van der Waals surface area contributed by atoms with E-state index in [4.69, 9.17) is 0 Å². The lowest BCUT2D eigenvalue weighted by Gasteiger charge is -2.28. The molecule has 0 saturated carbocycles. The molecule has 1 aromatic carbocycles. The quantitative estimate of drug-likeness (QED) is 0.879. The Labute approximate surface area is 123 Å². The van der Waals surface area contributed by atoms with E-state index in [1.807, 2.05) is 18.2 Å². The third-order valence-corrected chi connectivity index (χ3v) is 3.72. The molecule has 0 bridgehead atoms. The highest BCUT2D eigenvalue weighted by atomic mass is 16.1. The van der Waals surface area contributed by atoms with Gasteiger partial charge in [0.2, 0.25) is 5.91 Å². The predicted octanol–water partition coefficient (Wildman–Crippen LogP) is 2.74. The molecule has 108 valence electrons. The molecule has 1 aromatic heterocycles. The third kappa shape index (κ3) is 2.86. The maximum absolute atomic E-state index is 11.4. The molecule has 3 rings (SSSR count). The van der Waals surface area contributed by atoms with Gasteiger partial charge in [-0.2, -0.15) is 0 Å². The van der Waals surface area contributed by atoms with Crippen LogP contribution in [0.15, 0.2) is 37.2 Å². The molecule has 2 aromatic rings. The van der Waals surface area contributed by atoms with Gasteiger partial charge in [0.15, 0.2) is 0 Å². The van der Waals surface area contributed by atoms with Crippen LogP contribution in [-0.2, 0) is 4.79 Å². The first-order chi connectivity index (χ1) is 10.3. The molecule has 21 heavy (non-hydrogen) atoms. The number of carbonyl (C=O) groups is 1. The van der Waals surface area contributed by atoms with E-state index in [0.29, 0.717) is 0 Å². The molecule has 2 heterocycles. The summed E-state index contributed by atoms with van der Waals surface area (Å²) >= 11 is 0. The highest BCUT2D eigenvalue weighted by Gasteiger charge is 2.15. The lowest BCUT2D eigenvalue weighted by Crippen LogP contribution is -2.30. The van der Waals surface area contributed by atoms with Crippen molar-refractivity contribution in [2.45, 2.75) is 19.3 Å². The van der Waals surface area contributed by atoms with Crippen molar-refractivity contribution < 1.29 is 4.79 Å². The van der Waals surface area contributed by atoms with E-state index < -0.39 is 0 Å². The molecule has 1 fully saturated rings. The smallest absolute Gasteiger partial charge is 0.247 e. The van der Waals surface area contributed by atoms with Crippen LogP contribution in [0.2, 0.25) is 0 Å². The van der Waals surface area contributed by atoms with E-state index >= 15 is 0 Å². The first-order valence-electron chi connectivity index (χ1n) is 7.21. The summed E-state index contributed by atoms with van der Waals surface area (Å²) in [6, 6.07) is 5.71. The average molecular weight is 282 g/mol. The Kier molecular flexibility index (Phi) is 3.81. The number of anilines is 2. The monoisotopic (exact) mass is 282 g/mol. The molecular weight excluding hydrogens is 264 g/mol. The predicted molar refractivity (Wildman–Crippen MR) is 84.4 cm³/mol. The summed E-state index contributed by atoms with van der Waals surface area (Å²) in [6.45, 7) is 5.54. The standard InChI is InChI=1S/C16H18N4O/c1-2-15(21)19-12-6-7-13-14(10-12)17-11-18-16(13)20-8-4-3-5-9-20/h2,6-7,10-11H,1,3-5,8-9H2,(H,19,21). The number of hydrogen-bond donors (Lipinski definition) is 1. The molecule has 0 atom stereocenters. The van der Waals surface area contributed by atoms with Crippen LogP contribution in [0.1, 0.15) is 19.3 Å². The van der Waals surface area contributed by atoms with Crippen molar-refractivity contribution in [3.05, 3.63) is 37.2 Å². The van der Waals surface area contributed by atoms with Gasteiger partial charge in [0.25, 0.3) is 0 Å². The summed E-state index contributed by atoms with van der Waals surface area (Å²) in [7, 11) is 0. The van der Waals surface area contributed by atoms with Crippen molar-refractivity contribution in [3.63, 3.8) is 0 Å². The number of piperidine rings is 1. The van der Waals surface area contributed by atoms with E-state index in [0.717, 1.165) is 35.5 Å². The van der Waals surface area contributed by atoms with E-state index in [1.165, 1.54) is 25.3 Å². The van der Waals surface area contributed by atoms with E-state index in [-0.39, 0.29) is 5.91 Å². The summed E-state index contributed by atoms with van der Waals surface area (Å²) < 4.78 is 0. The highest BCUT2D eigenvalue weighted by molar-refractivity contribution is 6.01. The maximum Gasteiger partial charge on any atom is 0.247 e. The van der Waals surface area contributed by atoms with E-state index in [2.05, 4.69) is 26.8 Å². The first kappa shape index (κ1) is 13.5. The lowest BCUT2D eigenvalue weighted by atomic mass is 10.1. The van der Waals surface area contributed by atoms with Gasteiger partial charge in [-0.25, -0.2) is 9.97 Å². The molecule has 1 N–H and O–H groups in total. The number of fused-ring (bicyclic) bond motifs is 1. The summed E-state index contributed by atoms with van der Waals surface area (Å²) in [5.74, 6) is 0.765. The fraction of sp³-hybridized carbons (Fsp3) is 0.312. The van der Waals surface area contributed by atoms with Gasteiger partial charge in [0.05, 0.1) is 5.52 Å². The maximum atomic E-state index is 11.4. The number of amides is 1. The van der Waals surface area contributed by atoms with Gasteiger partial charge in [-0.1, -0.05) is 6.58 Å². The summed E-state index contributed by atoms with van der Waals surface area (Å²) in [4.78, 5) is 22.4. The summed E-state index contributed by atoms with van der Waals surface area (Å²) in [5, 5.41) is 3.78. The van der Waals surface area contributed by atoms with Gasteiger partial charge in [0.1, 0.15) is 12.1 Å². The minimum Gasteiger partial charge on any atom is -0.356 e. The SMILES string of the molecule is C=CC(=O)Nc1ccc2c(N3CCCCC3)ncnc2c1. The third-order valence-electron chi connectivity index (χ3n) is 3.72. The zero-order valence-electron chi connectivity index (χ0n) is 11.9. The molecule has 1 saturated heterocycles. The fourth-order valence-electron chi connectivity index (χ4n) is 2.67. The number of benzene rings is 1. The van der Waals surface area contributed by atoms with Gasteiger partial charge in [-0.15, -0.1) is 0 Å². The highest BCUT2D eigenvalue weighted by Crippen LogP contribution is 2.27. The second-order valence-electron chi connectivity index (χ2n) is 5.17. The topological polar surface area (TPSA) is 58.1 Å². The fourth-order valence-corrected chi connectivity index (χ4v) is 2.67. The van der Waals surface area contributed by atoms with Gasteiger partial charge < -0.3 is 10.2 Å². The van der Waals surface area contributed by atoms with Crippen LogP contribution in [0.25, 0.3) is 10.9 Å². The molecule has 5 heteroatoms. The van der Waals surface area contributed by atoms with Crippen molar-refractivity contribution in [2.24, 2.45) is 0 Å². The summed E-state index contributed by atoms with van der Waals surface area (Å²) in [6.07, 6.45) is 6.55. The Morgan fingerprint density at radius 2 is 2.05 bits per heavy atom. The molecule has 0 unspecified atom stereocenters. The zero-order chi connectivity index (χ0) is 14.7. The molecule has 1 aliphatic heterocycles. The largest absolute Gasteiger partial charge is 0.356 e. The molecule has 0 spiro atoms. The second kappa shape index (κ2) is 5.91. The van der Waals surface area contributed by atoms with Crippen LogP contribution in [0.5, 0.6) is 0 Å². The van der Waals surface area contributed by atoms with Crippen LogP contribution < -0.4 is 10.2 Å². The van der Waals surface area contributed by atoms with Crippen LogP contribution in [0, 0.1) is 0 Å². The first-order valence-corrected chi connectivity index (χ1v) is 7.21. The lowest BCUT2D eigenvalue weighted by molar-refractivity contribution is -0.111. The number of aromatic nitrogens is 2. The number of rotatable bonds is 3. The Bertz CT molecular complexity index is 677. The average Bonchev–Trinajstić information content (AvgIpc) is 2.54. The van der Waals surface area contributed by atoms with Crippen molar-refractivity contribution in [1.82, 2.24) is 9.97 Å². The van der Waals surface area contributed by atoms with Crippen LogP contribution in [-0.4, -0.2) is 29.0 Å². The van der Waals surface area contributed by atoms with Gasteiger partial charge in [0, 0.05) is 24.2 Å². The normalized spacial score (nSPS) is 15.0. The molecule has 1 amide bonds. The molecule has 0 aliphatic carbocycles. The number of nitrogens with one attached hydrogen (secondary N) is 1. The number of nitrogens with zero attached hydrogens (tertiary/aromatic N) is 3. The molecule has 1 aliphatic rings. The van der Waals surface area contributed by atoms with Crippen molar-refractivity contribution in [3.8, 4) is 0 Å². The zero-order valence-corrected chi connectivity index (χ0v) is 11.9. The Morgan fingerprint density at radius 3 is 2.81 bits per heavy atom. The summed E-state index contributed by atoms with van der Waals surface area (Å²) in [5.41, 5.74) is 1.56. The number of carbonyl (C=O) groups excluding carboxylic acids is 1. The molecule has 5 nitrogen and oxygen atoms in total. The van der Waals surface area contributed by atoms with Crippen molar-refractivity contribution in [2.75, 3.05) is 23.3 Å². The van der Waals surface area contributed by atoms with Gasteiger partial charge in [-0.05, 0) is 43.5 Å². The molecular formula is C16H18N4O.